The fraction of sp³-hybridized carbons (Fsp3) is 0.316. The van der Waals surface area contributed by atoms with Crippen LogP contribution in [0.1, 0.15) is 6.42 Å². The summed E-state index contributed by atoms with van der Waals surface area (Å²) in [5.74, 6) is 1.06. The van der Waals surface area contributed by atoms with Gasteiger partial charge in [0.1, 0.15) is 17.0 Å². The summed E-state index contributed by atoms with van der Waals surface area (Å²) in [5, 5.41) is 6.15. The third-order valence-corrected chi connectivity index (χ3v) is 6.23. The smallest absolute Gasteiger partial charge is 0.225 e. The van der Waals surface area contributed by atoms with Gasteiger partial charge in [0.2, 0.25) is 5.91 Å². The molecule has 1 aliphatic heterocycles. The molecule has 0 unspecified atom stereocenters. The number of para-hydroxylation sites is 1. The van der Waals surface area contributed by atoms with Crippen LogP contribution in [0.2, 0.25) is 0 Å². The average molecular weight is 446 g/mol. The highest BCUT2D eigenvalue weighted by Crippen LogP contribution is 2.27. The number of benzene rings is 1. The van der Waals surface area contributed by atoms with Gasteiger partial charge in [-0.3, -0.25) is 9.69 Å². The maximum atomic E-state index is 12.2. The summed E-state index contributed by atoms with van der Waals surface area (Å²) in [6.07, 6.45) is 2.14. The van der Waals surface area contributed by atoms with Crippen LogP contribution in [-0.2, 0) is 4.79 Å². The monoisotopic (exact) mass is 445 g/mol. The number of hydrogen-bond donors (Lipinski definition) is 1. The summed E-state index contributed by atoms with van der Waals surface area (Å²) in [6, 6.07) is 9.76. The van der Waals surface area contributed by atoms with Gasteiger partial charge in [-0.2, -0.15) is 0 Å². The maximum Gasteiger partial charge on any atom is 0.225 e. The molecule has 0 aliphatic carbocycles. The quantitative estimate of drug-likeness (QED) is 0.649. The first kappa shape index (κ1) is 18.3. The Bertz CT molecular complexity index is 939. The van der Waals surface area contributed by atoms with Gasteiger partial charge in [0.05, 0.1) is 11.1 Å². The van der Waals surface area contributed by atoms with Gasteiger partial charge in [0.15, 0.2) is 0 Å². The van der Waals surface area contributed by atoms with Crippen molar-refractivity contribution in [3.8, 4) is 0 Å². The van der Waals surface area contributed by atoms with Crippen molar-refractivity contribution in [2.75, 3.05) is 42.9 Å². The standard InChI is InChI=1S/C19H20BrN5OS/c20-15-3-1-2-4-16(15)23-17(26)5-7-24-8-10-25(11-9-24)18-14-6-12-27-19(14)22-13-21-18/h1-4,6,12-13H,5,7-11H2,(H,23,26). The van der Waals surface area contributed by atoms with Crippen LogP contribution in [-0.4, -0.2) is 53.5 Å². The van der Waals surface area contributed by atoms with Crippen LogP contribution in [0.15, 0.2) is 46.5 Å². The molecule has 140 valence electrons. The number of halogens is 1. The van der Waals surface area contributed by atoms with E-state index < -0.39 is 0 Å². The Labute approximate surface area is 170 Å². The molecular weight excluding hydrogens is 426 g/mol. The zero-order valence-electron chi connectivity index (χ0n) is 14.8. The minimum absolute atomic E-state index is 0.0418. The highest BCUT2D eigenvalue weighted by molar-refractivity contribution is 9.10. The number of thiophene rings is 1. The van der Waals surface area contributed by atoms with Gasteiger partial charge >= 0.3 is 0 Å². The zero-order valence-corrected chi connectivity index (χ0v) is 17.2. The first-order chi connectivity index (χ1) is 13.2. The molecule has 1 aliphatic rings. The van der Waals surface area contributed by atoms with Crippen LogP contribution >= 0.6 is 27.3 Å². The minimum atomic E-state index is 0.0418. The van der Waals surface area contributed by atoms with Crippen LogP contribution in [0, 0.1) is 0 Å². The van der Waals surface area contributed by atoms with E-state index in [-0.39, 0.29) is 5.91 Å². The topological polar surface area (TPSA) is 61.4 Å². The fourth-order valence-electron chi connectivity index (χ4n) is 3.25. The van der Waals surface area contributed by atoms with Crippen LogP contribution in [0.25, 0.3) is 10.2 Å². The number of aromatic nitrogens is 2. The Hall–Kier alpha value is -2.03. The van der Waals surface area contributed by atoms with Crippen molar-refractivity contribution in [1.82, 2.24) is 14.9 Å². The largest absolute Gasteiger partial charge is 0.353 e. The molecule has 0 spiro atoms. The molecule has 1 amide bonds. The van der Waals surface area contributed by atoms with Gasteiger partial charge in [0, 0.05) is 43.6 Å². The van der Waals surface area contributed by atoms with Crippen molar-refractivity contribution in [1.29, 1.82) is 0 Å². The van der Waals surface area contributed by atoms with Crippen LogP contribution in [0.5, 0.6) is 0 Å². The maximum absolute atomic E-state index is 12.2. The Morgan fingerprint density at radius 3 is 2.78 bits per heavy atom. The van der Waals surface area contributed by atoms with E-state index >= 15 is 0 Å². The van der Waals surface area contributed by atoms with Gasteiger partial charge < -0.3 is 10.2 Å². The SMILES string of the molecule is O=C(CCN1CCN(c2ncnc3sccc23)CC1)Nc1ccccc1Br. The summed E-state index contributed by atoms with van der Waals surface area (Å²) in [5.41, 5.74) is 0.816. The number of piperazine rings is 1. The summed E-state index contributed by atoms with van der Waals surface area (Å²) in [6.45, 7) is 4.44. The Morgan fingerprint density at radius 2 is 1.96 bits per heavy atom. The number of anilines is 2. The van der Waals surface area contributed by atoms with Gasteiger partial charge in [-0.05, 0) is 39.5 Å². The molecule has 3 heterocycles. The van der Waals surface area contributed by atoms with Gasteiger partial charge in [-0.15, -0.1) is 11.3 Å². The molecule has 1 saturated heterocycles. The number of rotatable bonds is 5. The molecule has 4 rings (SSSR count). The molecule has 2 aromatic heterocycles. The lowest BCUT2D eigenvalue weighted by atomic mass is 10.2. The lowest BCUT2D eigenvalue weighted by molar-refractivity contribution is -0.116. The molecule has 0 bridgehead atoms. The zero-order chi connectivity index (χ0) is 18.6. The van der Waals surface area contributed by atoms with Gasteiger partial charge in [0.25, 0.3) is 0 Å². The van der Waals surface area contributed by atoms with E-state index in [9.17, 15) is 4.79 Å². The number of hydrogen-bond acceptors (Lipinski definition) is 6. The number of carbonyl (C=O) groups is 1. The Balaban J connectivity index is 1.28. The lowest BCUT2D eigenvalue weighted by Gasteiger charge is -2.35. The highest BCUT2D eigenvalue weighted by Gasteiger charge is 2.20. The first-order valence-corrected chi connectivity index (χ1v) is 10.6. The molecule has 27 heavy (non-hydrogen) atoms. The molecule has 0 atom stereocenters. The van der Waals surface area contributed by atoms with Crippen LogP contribution in [0.4, 0.5) is 11.5 Å². The molecule has 1 aromatic carbocycles. The second-order valence-corrected chi connectivity index (χ2v) is 8.19. The molecule has 3 aromatic rings. The summed E-state index contributed by atoms with van der Waals surface area (Å²) < 4.78 is 0.900. The van der Waals surface area contributed by atoms with E-state index in [2.05, 4.69) is 52.5 Å². The number of nitrogens with one attached hydrogen (secondary N) is 1. The number of amides is 1. The fourth-order valence-corrected chi connectivity index (χ4v) is 4.36. The predicted octanol–water partition coefficient (Wildman–Crippen LogP) is 3.60. The third kappa shape index (κ3) is 4.28. The normalized spacial score (nSPS) is 15.2. The second kappa shape index (κ2) is 8.33. The molecule has 0 radical (unpaired) electrons. The molecular formula is C19H20BrN5OS. The Kier molecular flexibility index (Phi) is 5.66. The average Bonchev–Trinajstić information content (AvgIpc) is 3.17. The molecule has 1 fully saturated rings. The van der Waals surface area contributed by atoms with E-state index in [0.29, 0.717) is 6.42 Å². The Morgan fingerprint density at radius 1 is 1.15 bits per heavy atom. The minimum Gasteiger partial charge on any atom is -0.353 e. The van der Waals surface area contributed by atoms with Gasteiger partial charge in [-0.25, -0.2) is 9.97 Å². The van der Waals surface area contributed by atoms with Crippen molar-refractivity contribution >= 4 is 54.9 Å². The van der Waals surface area contributed by atoms with Crippen LogP contribution < -0.4 is 10.2 Å². The first-order valence-electron chi connectivity index (χ1n) is 8.90. The summed E-state index contributed by atoms with van der Waals surface area (Å²) >= 11 is 5.10. The number of nitrogens with zero attached hydrogens (tertiary/aromatic N) is 4. The van der Waals surface area contributed by atoms with E-state index in [1.807, 2.05) is 24.3 Å². The number of fused-ring (bicyclic) bond motifs is 1. The van der Waals surface area contributed by atoms with Crippen molar-refractivity contribution in [2.24, 2.45) is 0 Å². The summed E-state index contributed by atoms with van der Waals surface area (Å²) in [4.78, 5) is 26.7. The molecule has 1 N–H and O–H groups in total. The van der Waals surface area contributed by atoms with Crippen molar-refractivity contribution in [3.63, 3.8) is 0 Å². The van der Waals surface area contributed by atoms with Gasteiger partial charge in [-0.1, -0.05) is 12.1 Å². The van der Waals surface area contributed by atoms with E-state index in [1.165, 1.54) is 0 Å². The van der Waals surface area contributed by atoms with Crippen molar-refractivity contribution in [2.45, 2.75) is 6.42 Å². The third-order valence-electron chi connectivity index (χ3n) is 4.72. The summed E-state index contributed by atoms with van der Waals surface area (Å²) in [7, 11) is 0. The van der Waals surface area contributed by atoms with E-state index in [4.69, 9.17) is 0 Å². The number of carbonyl (C=O) groups excluding carboxylic acids is 1. The lowest BCUT2D eigenvalue weighted by Crippen LogP contribution is -2.47. The van der Waals surface area contributed by atoms with Crippen molar-refractivity contribution in [3.05, 3.63) is 46.5 Å². The molecule has 8 heteroatoms. The van der Waals surface area contributed by atoms with Crippen molar-refractivity contribution < 1.29 is 4.79 Å². The second-order valence-electron chi connectivity index (χ2n) is 6.44. The molecule has 6 nitrogen and oxygen atoms in total. The highest BCUT2D eigenvalue weighted by atomic mass is 79.9. The van der Waals surface area contributed by atoms with Crippen LogP contribution in [0.3, 0.4) is 0 Å². The predicted molar refractivity (Wildman–Crippen MR) is 113 cm³/mol. The molecule has 0 saturated carbocycles. The van der Waals surface area contributed by atoms with E-state index in [1.54, 1.807) is 17.7 Å². The van der Waals surface area contributed by atoms with E-state index in [0.717, 1.165) is 58.9 Å².